The van der Waals surface area contributed by atoms with Crippen LogP contribution in [0.1, 0.15) is 50.5 Å². The van der Waals surface area contributed by atoms with E-state index in [1.807, 2.05) is 6.07 Å². The average molecular weight is 280 g/mol. The van der Waals surface area contributed by atoms with Gasteiger partial charge < -0.3 is 5.11 Å². The maximum atomic E-state index is 11.0. The van der Waals surface area contributed by atoms with Crippen LogP contribution < -0.4 is 0 Å². The van der Waals surface area contributed by atoms with E-state index in [-0.39, 0.29) is 5.92 Å². The van der Waals surface area contributed by atoms with E-state index in [1.165, 1.54) is 23.1 Å². The molecule has 0 aromatic heterocycles. The van der Waals surface area contributed by atoms with Crippen LogP contribution in [0.3, 0.4) is 0 Å². The molecule has 1 aliphatic carbocycles. The monoisotopic (exact) mass is 280 g/mol. The van der Waals surface area contributed by atoms with Crippen molar-refractivity contribution < 1.29 is 5.11 Å². The summed E-state index contributed by atoms with van der Waals surface area (Å²) in [6.45, 7) is 2.18. The van der Waals surface area contributed by atoms with Crippen LogP contribution in [0.25, 0.3) is 11.1 Å². The molecule has 2 aromatic rings. The molecular formula is C20H24O. The molecule has 0 spiro atoms. The summed E-state index contributed by atoms with van der Waals surface area (Å²) in [5.41, 5.74) is 3.20. The van der Waals surface area contributed by atoms with Crippen molar-refractivity contribution in [3.8, 4) is 11.1 Å². The summed E-state index contributed by atoms with van der Waals surface area (Å²) in [4.78, 5) is 0. The second kappa shape index (κ2) is 6.03. The highest BCUT2D eigenvalue weighted by Crippen LogP contribution is 2.40. The molecule has 1 nitrogen and oxygen atoms in total. The summed E-state index contributed by atoms with van der Waals surface area (Å²) in [6.07, 6.45) is 5.44. The van der Waals surface area contributed by atoms with Crippen LogP contribution >= 0.6 is 0 Å². The second-order valence-electron chi connectivity index (χ2n) is 6.38. The van der Waals surface area contributed by atoms with Crippen LogP contribution in [0, 0.1) is 0 Å². The SMILES string of the molecule is CC(c1cccc(-c2ccccc2)c1)C1(O)CCCCC1. The zero-order valence-electron chi connectivity index (χ0n) is 12.8. The molecule has 0 heterocycles. The van der Waals surface area contributed by atoms with Crippen LogP contribution in [-0.2, 0) is 0 Å². The van der Waals surface area contributed by atoms with Gasteiger partial charge in [0.1, 0.15) is 0 Å². The Morgan fingerprint density at radius 1 is 0.857 bits per heavy atom. The van der Waals surface area contributed by atoms with Gasteiger partial charge in [-0.1, -0.05) is 80.8 Å². The van der Waals surface area contributed by atoms with Crippen molar-refractivity contribution in [3.63, 3.8) is 0 Å². The zero-order valence-corrected chi connectivity index (χ0v) is 12.8. The van der Waals surface area contributed by atoms with Gasteiger partial charge in [-0.2, -0.15) is 0 Å². The van der Waals surface area contributed by atoms with E-state index < -0.39 is 5.60 Å². The van der Waals surface area contributed by atoms with E-state index in [4.69, 9.17) is 0 Å². The molecule has 0 bridgehead atoms. The predicted octanol–water partition coefficient (Wildman–Crippen LogP) is 5.15. The maximum absolute atomic E-state index is 11.0. The third-order valence-corrected chi connectivity index (χ3v) is 5.02. The van der Waals surface area contributed by atoms with Crippen molar-refractivity contribution in [1.82, 2.24) is 0 Å². The fourth-order valence-electron chi connectivity index (χ4n) is 3.53. The van der Waals surface area contributed by atoms with Crippen LogP contribution in [0.4, 0.5) is 0 Å². The Balaban J connectivity index is 1.89. The molecule has 110 valence electrons. The van der Waals surface area contributed by atoms with E-state index in [9.17, 15) is 5.11 Å². The van der Waals surface area contributed by atoms with Crippen LogP contribution in [-0.4, -0.2) is 10.7 Å². The maximum Gasteiger partial charge on any atom is 0.0713 e. The first-order valence-electron chi connectivity index (χ1n) is 8.07. The van der Waals surface area contributed by atoms with Crippen LogP contribution in [0.2, 0.25) is 0 Å². The highest BCUT2D eigenvalue weighted by atomic mass is 16.3. The number of benzene rings is 2. The molecule has 21 heavy (non-hydrogen) atoms. The Hall–Kier alpha value is -1.60. The van der Waals surface area contributed by atoms with Gasteiger partial charge in [-0.15, -0.1) is 0 Å². The van der Waals surface area contributed by atoms with Gasteiger partial charge in [0, 0.05) is 5.92 Å². The molecule has 1 saturated carbocycles. The van der Waals surface area contributed by atoms with Crippen molar-refractivity contribution in [3.05, 3.63) is 60.2 Å². The minimum atomic E-state index is -0.520. The van der Waals surface area contributed by atoms with Gasteiger partial charge in [0.05, 0.1) is 5.60 Å². The number of hydrogen-bond donors (Lipinski definition) is 1. The molecule has 2 aromatic carbocycles. The molecule has 1 unspecified atom stereocenters. The van der Waals surface area contributed by atoms with E-state index in [0.29, 0.717) is 0 Å². The van der Waals surface area contributed by atoms with Crippen LogP contribution in [0.5, 0.6) is 0 Å². The third-order valence-electron chi connectivity index (χ3n) is 5.02. The molecule has 1 atom stereocenters. The largest absolute Gasteiger partial charge is 0.389 e. The molecule has 0 amide bonds. The Morgan fingerprint density at radius 2 is 1.52 bits per heavy atom. The highest BCUT2D eigenvalue weighted by molar-refractivity contribution is 5.64. The Labute approximate surface area is 127 Å². The summed E-state index contributed by atoms with van der Waals surface area (Å²) in [5, 5.41) is 11.0. The Kier molecular flexibility index (Phi) is 4.12. The minimum Gasteiger partial charge on any atom is -0.389 e. The van der Waals surface area contributed by atoms with E-state index in [0.717, 1.165) is 25.7 Å². The fourth-order valence-corrected chi connectivity index (χ4v) is 3.53. The molecule has 1 fully saturated rings. The van der Waals surface area contributed by atoms with Crippen molar-refractivity contribution >= 4 is 0 Å². The van der Waals surface area contributed by atoms with E-state index >= 15 is 0 Å². The molecule has 1 aliphatic rings. The number of hydrogen-bond acceptors (Lipinski definition) is 1. The third kappa shape index (κ3) is 3.03. The predicted molar refractivity (Wildman–Crippen MR) is 88.3 cm³/mol. The lowest BCUT2D eigenvalue weighted by molar-refractivity contribution is -0.0168. The normalized spacial score (nSPS) is 19.1. The second-order valence-corrected chi connectivity index (χ2v) is 6.38. The van der Waals surface area contributed by atoms with Gasteiger partial charge in [0.15, 0.2) is 0 Å². The summed E-state index contributed by atoms with van der Waals surface area (Å²) in [5.74, 6) is 0.196. The highest BCUT2D eigenvalue weighted by Gasteiger charge is 2.35. The quantitative estimate of drug-likeness (QED) is 0.824. The molecule has 1 heteroatoms. The summed E-state index contributed by atoms with van der Waals surface area (Å²) < 4.78 is 0. The van der Waals surface area contributed by atoms with Crippen molar-refractivity contribution in [2.45, 2.75) is 50.5 Å². The summed E-state index contributed by atoms with van der Waals surface area (Å²) >= 11 is 0. The van der Waals surface area contributed by atoms with Gasteiger partial charge >= 0.3 is 0 Å². The average Bonchev–Trinajstić information content (AvgIpc) is 2.56. The molecule has 0 aliphatic heterocycles. The topological polar surface area (TPSA) is 20.2 Å². The number of aliphatic hydroxyl groups is 1. The van der Waals surface area contributed by atoms with Gasteiger partial charge in [-0.3, -0.25) is 0 Å². The lowest BCUT2D eigenvalue weighted by Gasteiger charge is -2.38. The molecule has 0 saturated heterocycles. The van der Waals surface area contributed by atoms with Gasteiger partial charge in [0.25, 0.3) is 0 Å². The first-order valence-corrected chi connectivity index (χ1v) is 8.07. The minimum absolute atomic E-state index is 0.196. The number of rotatable bonds is 3. The Bertz CT molecular complexity index is 582. The van der Waals surface area contributed by atoms with Crippen molar-refractivity contribution in [2.24, 2.45) is 0 Å². The lowest BCUT2D eigenvalue weighted by Crippen LogP contribution is -2.37. The van der Waals surface area contributed by atoms with Crippen molar-refractivity contribution in [1.29, 1.82) is 0 Å². The lowest BCUT2D eigenvalue weighted by atomic mass is 9.73. The smallest absolute Gasteiger partial charge is 0.0713 e. The van der Waals surface area contributed by atoms with Gasteiger partial charge in [-0.25, -0.2) is 0 Å². The zero-order chi connectivity index (χ0) is 14.7. The molecule has 1 N–H and O–H groups in total. The first kappa shape index (κ1) is 14.3. The standard InChI is InChI=1S/C20H24O/c1-16(20(21)13-6-3-7-14-20)18-11-8-12-19(15-18)17-9-4-2-5-10-17/h2,4-5,8-12,15-16,21H,3,6-7,13-14H2,1H3. The van der Waals surface area contributed by atoms with Crippen molar-refractivity contribution in [2.75, 3.05) is 0 Å². The Morgan fingerprint density at radius 3 is 2.24 bits per heavy atom. The molecule has 0 radical (unpaired) electrons. The van der Waals surface area contributed by atoms with E-state index in [2.05, 4.69) is 55.5 Å². The van der Waals surface area contributed by atoms with Gasteiger partial charge in [-0.05, 0) is 29.5 Å². The van der Waals surface area contributed by atoms with Crippen LogP contribution in [0.15, 0.2) is 54.6 Å². The summed E-state index contributed by atoms with van der Waals surface area (Å²) in [7, 11) is 0. The first-order chi connectivity index (χ1) is 10.2. The fraction of sp³-hybridized carbons (Fsp3) is 0.400. The summed E-state index contributed by atoms with van der Waals surface area (Å²) in [6, 6.07) is 19.1. The van der Waals surface area contributed by atoms with E-state index in [1.54, 1.807) is 0 Å². The molecular weight excluding hydrogens is 256 g/mol. The van der Waals surface area contributed by atoms with Gasteiger partial charge in [0.2, 0.25) is 0 Å². The molecule has 3 rings (SSSR count).